The molecule has 0 radical (unpaired) electrons. The Kier molecular flexibility index (Phi) is 5.38. The molecule has 1 saturated heterocycles. The maximum absolute atomic E-state index is 5.79. The summed E-state index contributed by atoms with van der Waals surface area (Å²) in [7, 11) is 3.32. The van der Waals surface area contributed by atoms with Gasteiger partial charge < -0.3 is 14.2 Å². The third-order valence-corrected chi connectivity index (χ3v) is 5.00. The van der Waals surface area contributed by atoms with Gasteiger partial charge in [-0.05, 0) is 26.0 Å². The molecule has 0 spiro atoms. The number of thiazole rings is 1. The lowest BCUT2D eigenvalue weighted by molar-refractivity contribution is -0.0707. The van der Waals surface area contributed by atoms with Crippen LogP contribution in [-0.2, 0) is 11.3 Å². The largest absolute Gasteiger partial charge is 0.497 e. The minimum absolute atomic E-state index is 0.272. The Morgan fingerprint density at radius 3 is 2.62 bits per heavy atom. The van der Waals surface area contributed by atoms with Crippen molar-refractivity contribution in [3.63, 3.8) is 0 Å². The zero-order valence-corrected chi connectivity index (χ0v) is 15.4. The third-order valence-electron chi connectivity index (χ3n) is 4.07. The zero-order chi connectivity index (χ0) is 17.1. The molecule has 0 N–H and O–H groups in total. The van der Waals surface area contributed by atoms with Gasteiger partial charge in [-0.25, -0.2) is 4.98 Å². The highest BCUT2D eigenvalue weighted by molar-refractivity contribution is 7.13. The average Bonchev–Trinajstić information content (AvgIpc) is 3.01. The van der Waals surface area contributed by atoms with Crippen LogP contribution in [0.15, 0.2) is 23.6 Å². The molecule has 1 aromatic heterocycles. The summed E-state index contributed by atoms with van der Waals surface area (Å²) in [6.45, 7) is 6.99. The van der Waals surface area contributed by atoms with Crippen LogP contribution >= 0.6 is 11.3 Å². The summed E-state index contributed by atoms with van der Waals surface area (Å²) in [5, 5.41) is 3.10. The quantitative estimate of drug-likeness (QED) is 0.828. The molecule has 3 rings (SSSR count). The summed E-state index contributed by atoms with van der Waals surface area (Å²) in [6.07, 6.45) is 0.544. The highest BCUT2D eigenvalue weighted by Gasteiger charge is 2.23. The fourth-order valence-electron chi connectivity index (χ4n) is 3.12. The van der Waals surface area contributed by atoms with Gasteiger partial charge in [0, 0.05) is 31.1 Å². The lowest BCUT2D eigenvalue weighted by Crippen LogP contribution is -2.44. The van der Waals surface area contributed by atoms with E-state index in [4.69, 9.17) is 19.2 Å². The van der Waals surface area contributed by atoms with Crippen molar-refractivity contribution >= 4 is 11.3 Å². The molecule has 130 valence electrons. The van der Waals surface area contributed by atoms with Crippen molar-refractivity contribution in [3.8, 4) is 22.1 Å². The number of morpholine rings is 1. The van der Waals surface area contributed by atoms with E-state index in [1.807, 2.05) is 18.2 Å². The Balaban J connectivity index is 1.76. The number of ether oxygens (including phenoxy) is 3. The Bertz CT molecular complexity index is 679. The normalized spacial score (nSPS) is 21.7. The average molecular weight is 348 g/mol. The summed E-state index contributed by atoms with van der Waals surface area (Å²) >= 11 is 1.65. The Morgan fingerprint density at radius 2 is 1.96 bits per heavy atom. The maximum atomic E-state index is 5.79. The molecule has 2 atom stereocenters. The van der Waals surface area contributed by atoms with Crippen molar-refractivity contribution in [3.05, 3.63) is 29.3 Å². The minimum atomic E-state index is 0.272. The van der Waals surface area contributed by atoms with Crippen molar-refractivity contribution in [2.75, 3.05) is 27.3 Å². The van der Waals surface area contributed by atoms with Crippen molar-refractivity contribution in [2.24, 2.45) is 0 Å². The molecule has 1 aliphatic heterocycles. The van der Waals surface area contributed by atoms with E-state index in [9.17, 15) is 0 Å². The van der Waals surface area contributed by atoms with Crippen molar-refractivity contribution in [1.29, 1.82) is 0 Å². The molecule has 2 aromatic rings. The second kappa shape index (κ2) is 7.51. The van der Waals surface area contributed by atoms with Crippen molar-refractivity contribution in [2.45, 2.75) is 32.6 Å². The molecule has 2 heterocycles. The van der Waals surface area contributed by atoms with E-state index in [0.29, 0.717) is 0 Å². The highest BCUT2D eigenvalue weighted by atomic mass is 32.1. The van der Waals surface area contributed by atoms with E-state index in [1.165, 1.54) is 0 Å². The van der Waals surface area contributed by atoms with E-state index in [0.717, 1.165) is 47.4 Å². The summed E-state index contributed by atoms with van der Waals surface area (Å²) in [5.74, 6) is 1.56. The van der Waals surface area contributed by atoms with Crippen LogP contribution in [0.5, 0.6) is 11.5 Å². The fourth-order valence-corrected chi connectivity index (χ4v) is 3.96. The first-order chi connectivity index (χ1) is 11.6. The van der Waals surface area contributed by atoms with Crippen LogP contribution in [0.25, 0.3) is 10.6 Å². The van der Waals surface area contributed by atoms with Crippen LogP contribution in [0.4, 0.5) is 0 Å². The van der Waals surface area contributed by atoms with Crippen LogP contribution < -0.4 is 9.47 Å². The predicted octanol–water partition coefficient (Wildman–Crippen LogP) is 3.44. The molecular weight excluding hydrogens is 324 g/mol. The van der Waals surface area contributed by atoms with Crippen molar-refractivity contribution in [1.82, 2.24) is 9.88 Å². The van der Waals surface area contributed by atoms with Crippen LogP contribution in [-0.4, -0.2) is 49.4 Å². The van der Waals surface area contributed by atoms with Crippen LogP contribution in [0.2, 0.25) is 0 Å². The second-order valence-corrected chi connectivity index (χ2v) is 7.02. The molecule has 5 nitrogen and oxygen atoms in total. The molecule has 0 bridgehead atoms. The van der Waals surface area contributed by atoms with E-state index in [2.05, 4.69) is 24.1 Å². The molecule has 0 unspecified atom stereocenters. The molecule has 0 amide bonds. The first-order valence-electron chi connectivity index (χ1n) is 8.13. The van der Waals surface area contributed by atoms with Crippen LogP contribution in [0.3, 0.4) is 0 Å². The molecule has 24 heavy (non-hydrogen) atoms. The van der Waals surface area contributed by atoms with Gasteiger partial charge in [0.1, 0.15) is 16.5 Å². The Labute approximate surface area is 147 Å². The zero-order valence-electron chi connectivity index (χ0n) is 14.6. The molecule has 6 heteroatoms. The number of aromatic nitrogens is 1. The molecule has 1 aromatic carbocycles. The van der Waals surface area contributed by atoms with Crippen molar-refractivity contribution < 1.29 is 14.2 Å². The number of rotatable bonds is 5. The topological polar surface area (TPSA) is 43.8 Å². The van der Waals surface area contributed by atoms with E-state index < -0.39 is 0 Å². The maximum Gasteiger partial charge on any atom is 0.132 e. The molecule has 1 fully saturated rings. The van der Waals surface area contributed by atoms with Gasteiger partial charge in [-0.15, -0.1) is 11.3 Å². The SMILES string of the molecule is COc1ccc(-c2nc(CN3C[C@@H](C)O[C@@H](C)C3)cs2)c(OC)c1. The Hall–Kier alpha value is -1.63. The number of nitrogens with zero attached hydrogens (tertiary/aromatic N) is 2. The van der Waals surface area contributed by atoms with Gasteiger partial charge in [0.15, 0.2) is 0 Å². The van der Waals surface area contributed by atoms with E-state index >= 15 is 0 Å². The number of methoxy groups -OCH3 is 2. The van der Waals surface area contributed by atoms with Gasteiger partial charge in [0.05, 0.1) is 37.7 Å². The monoisotopic (exact) mass is 348 g/mol. The molecular formula is C18H24N2O3S. The lowest BCUT2D eigenvalue weighted by atomic mass is 10.2. The van der Waals surface area contributed by atoms with E-state index in [-0.39, 0.29) is 12.2 Å². The smallest absolute Gasteiger partial charge is 0.132 e. The standard InChI is InChI=1S/C18H24N2O3S/c1-12-8-20(9-13(2)23-12)10-14-11-24-18(19-14)16-6-5-15(21-3)7-17(16)22-4/h5-7,11-13H,8-10H2,1-4H3/t12-,13+. The molecule has 1 aliphatic rings. The van der Waals surface area contributed by atoms with Gasteiger partial charge in [-0.2, -0.15) is 0 Å². The van der Waals surface area contributed by atoms with Gasteiger partial charge in [-0.1, -0.05) is 0 Å². The first kappa shape index (κ1) is 17.2. The number of hydrogen-bond acceptors (Lipinski definition) is 6. The van der Waals surface area contributed by atoms with Crippen LogP contribution in [0.1, 0.15) is 19.5 Å². The first-order valence-corrected chi connectivity index (χ1v) is 9.01. The molecule has 0 aliphatic carbocycles. The minimum Gasteiger partial charge on any atom is -0.497 e. The molecule has 0 saturated carbocycles. The summed E-state index contributed by atoms with van der Waals surface area (Å²) in [6, 6.07) is 5.82. The van der Waals surface area contributed by atoms with Crippen LogP contribution in [0, 0.1) is 0 Å². The third kappa shape index (κ3) is 3.88. The van der Waals surface area contributed by atoms with E-state index in [1.54, 1.807) is 25.6 Å². The summed E-state index contributed by atoms with van der Waals surface area (Å²) in [5.41, 5.74) is 2.09. The summed E-state index contributed by atoms with van der Waals surface area (Å²) < 4.78 is 16.5. The highest BCUT2D eigenvalue weighted by Crippen LogP contribution is 2.35. The van der Waals surface area contributed by atoms with Gasteiger partial charge >= 0.3 is 0 Å². The Morgan fingerprint density at radius 1 is 1.21 bits per heavy atom. The van der Waals surface area contributed by atoms with Gasteiger partial charge in [0.2, 0.25) is 0 Å². The fraction of sp³-hybridized carbons (Fsp3) is 0.500. The second-order valence-electron chi connectivity index (χ2n) is 6.16. The summed E-state index contributed by atoms with van der Waals surface area (Å²) in [4.78, 5) is 7.21. The van der Waals surface area contributed by atoms with Gasteiger partial charge in [0.25, 0.3) is 0 Å². The lowest BCUT2D eigenvalue weighted by Gasteiger charge is -2.34. The number of benzene rings is 1. The van der Waals surface area contributed by atoms with Gasteiger partial charge in [-0.3, -0.25) is 4.90 Å². The number of hydrogen-bond donors (Lipinski definition) is 0. The predicted molar refractivity (Wildman–Crippen MR) is 95.9 cm³/mol.